The van der Waals surface area contributed by atoms with Crippen molar-refractivity contribution in [1.29, 1.82) is 0 Å². The Balaban J connectivity index is 1.53. The van der Waals surface area contributed by atoms with E-state index < -0.39 is 5.91 Å². The normalized spacial score (nSPS) is 10.5. The summed E-state index contributed by atoms with van der Waals surface area (Å²) < 4.78 is 1.40. The van der Waals surface area contributed by atoms with E-state index in [1.807, 2.05) is 25.1 Å². The van der Waals surface area contributed by atoms with Crippen LogP contribution < -0.4 is 16.4 Å². The standard InChI is InChI=1S/C23H20N6O2/c1-15-10-11-17(27-22(30)16-7-3-2-4-8-16)13-19(15)28-23(31)18-14-26-29(21(18)24)20-9-5-6-12-25-20/h2-14H,24H2,1H3,(H,27,30)(H,28,31). The summed E-state index contributed by atoms with van der Waals surface area (Å²) in [5.41, 5.74) is 8.85. The molecule has 4 aromatic rings. The molecule has 0 unspecified atom stereocenters. The maximum absolute atomic E-state index is 12.8. The summed E-state index contributed by atoms with van der Waals surface area (Å²) in [4.78, 5) is 29.4. The van der Waals surface area contributed by atoms with Gasteiger partial charge in [0.2, 0.25) is 0 Å². The Bertz CT molecular complexity index is 1240. The van der Waals surface area contributed by atoms with Crippen LogP contribution in [-0.4, -0.2) is 26.6 Å². The van der Waals surface area contributed by atoms with Crippen LogP contribution in [0.4, 0.5) is 17.2 Å². The van der Waals surface area contributed by atoms with E-state index in [-0.39, 0.29) is 17.3 Å². The molecular formula is C23H20N6O2. The number of anilines is 3. The first kappa shape index (κ1) is 19.8. The molecule has 0 aliphatic heterocycles. The third-order valence-electron chi connectivity index (χ3n) is 4.70. The molecule has 0 saturated carbocycles. The number of nitrogens with two attached hydrogens (primary N) is 1. The van der Waals surface area contributed by atoms with Gasteiger partial charge in [0, 0.05) is 23.1 Å². The van der Waals surface area contributed by atoms with Crippen molar-refractivity contribution in [3.63, 3.8) is 0 Å². The fraction of sp³-hybridized carbons (Fsp3) is 0.0435. The summed E-state index contributed by atoms with van der Waals surface area (Å²) in [7, 11) is 0. The molecule has 2 amide bonds. The number of aromatic nitrogens is 3. The Morgan fingerprint density at radius 2 is 1.71 bits per heavy atom. The lowest BCUT2D eigenvalue weighted by Gasteiger charge is -2.12. The van der Waals surface area contributed by atoms with Gasteiger partial charge in [-0.2, -0.15) is 9.78 Å². The monoisotopic (exact) mass is 412 g/mol. The largest absolute Gasteiger partial charge is 0.383 e. The molecule has 0 bridgehead atoms. The minimum Gasteiger partial charge on any atom is -0.383 e. The molecule has 4 N–H and O–H groups in total. The number of nitrogens with one attached hydrogen (secondary N) is 2. The highest BCUT2D eigenvalue weighted by atomic mass is 16.2. The summed E-state index contributed by atoms with van der Waals surface area (Å²) in [5.74, 6) is 0.0557. The Labute approximate surface area is 178 Å². The average molecular weight is 412 g/mol. The van der Waals surface area contributed by atoms with Crippen molar-refractivity contribution in [3.05, 3.63) is 95.8 Å². The number of aryl methyl sites for hydroxylation is 1. The molecule has 154 valence electrons. The lowest BCUT2D eigenvalue weighted by atomic mass is 10.1. The van der Waals surface area contributed by atoms with Gasteiger partial charge in [-0.25, -0.2) is 4.98 Å². The molecule has 2 aromatic heterocycles. The first-order valence-corrected chi connectivity index (χ1v) is 9.56. The number of carbonyl (C=O) groups excluding carboxylic acids is 2. The van der Waals surface area contributed by atoms with E-state index in [0.29, 0.717) is 22.8 Å². The number of carbonyl (C=O) groups is 2. The summed E-state index contributed by atoms with van der Waals surface area (Å²) in [6.45, 7) is 1.86. The second kappa shape index (κ2) is 8.50. The van der Waals surface area contributed by atoms with Crippen LogP contribution in [0.1, 0.15) is 26.3 Å². The summed E-state index contributed by atoms with van der Waals surface area (Å²) in [6, 6.07) is 19.5. The van der Waals surface area contributed by atoms with Gasteiger partial charge in [-0.3, -0.25) is 9.59 Å². The molecule has 8 heteroatoms. The van der Waals surface area contributed by atoms with Crippen LogP contribution in [0.5, 0.6) is 0 Å². The summed E-state index contributed by atoms with van der Waals surface area (Å²) in [5, 5.41) is 9.85. The van der Waals surface area contributed by atoms with Crippen LogP contribution in [0, 0.1) is 6.92 Å². The third-order valence-corrected chi connectivity index (χ3v) is 4.70. The molecule has 0 aliphatic carbocycles. The van der Waals surface area contributed by atoms with Crippen molar-refractivity contribution in [1.82, 2.24) is 14.8 Å². The predicted octanol–water partition coefficient (Wildman–Crippen LogP) is 3.66. The number of hydrogen-bond donors (Lipinski definition) is 3. The number of benzene rings is 2. The lowest BCUT2D eigenvalue weighted by Crippen LogP contribution is -2.16. The maximum atomic E-state index is 12.8. The molecule has 0 saturated heterocycles. The molecule has 2 aromatic carbocycles. The van der Waals surface area contributed by atoms with Crippen molar-refractivity contribution in [2.24, 2.45) is 0 Å². The highest BCUT2D eigenvalue weighted by Gasteiger charge is 2.18. The van der Waals surface area contributed by atoms with Gasteiger partial charge in [-0.15, -0.1) is 0 Å². The molecular weight excluding hydrogens is 392 g/mol. The number of nitrogens with zero attached hydrogens (tertiary/aromatic N) is 3. The van der Waals surface area contributed by atoms with E-state index in [9.17, 15) is 9.59 Å². The quantitative estimate of drug-likeness (QED) is 0.463. The number of pyridine rings is 1. The third kappa shape index (κ3) is 4.27. The Morgan fingerprint density at radius 1 is 0.935 bits per heavy atom. The number of nitrogen functional groups attached to an aromatic ring is 1. The Hall–Kier alpha value is -4.46. The maximum Gasteiger partial charge on any atom is 0.261 e. The van der Waals surface area contributed by atoms with Crippen LogP contribution in [0.15, 0.2) is 79.1 Å². The second-order valence-electron chi connectivity index (χ2n) is 6.85. The van der Waals surface area contributed by atoms with E-state index in [0.717, 1.165) is 5.56 Å². The fourth-order valence-electron chi connectivity index (χ4n) is 3.01. The van der Waals surface area contributed by atoms with Gasteiger partial charge in [0.15, 0.2) is 5.82 Å². The van der Waals surface area contributed by atoms with Crippen LogP contribution in [0.25, 0.3) is 5.82 Å². The molecule has 2 heterocycles. The second-order valence-corrected chi connectivity index (χ2v) is 6.85. The van der Waals surface area contributed by atoms with Gasteiger partial charge < -0.3 is 16.4 Å². The molecule has 8 nitrogen and oxygen atoms in total. The highest BCUT2D eigenvalue weighted by molar-refractivity contribution is 6.08. The molecule has 0 atom stereocenters. The topological polar surface area (TPSA) is 115 Å². The van der Waals surface area contributed by atoms with Crippen molar-refractivity contribution in [3.8, 4) is 5.82 Å². The number of rotatable bonds is 5. The van der Waals surface area contributed by atoms with E-state index in [1.165, 1.54) is 10.9 Å². The molecule has 0 fully saturated rings. The summed E-state index contributed by atoms with van der Waals surface area (Å²) >= 11 is 0. The van der Waals surface area contributed by atoms with E-state index in [2.05, 4.69) is 20.7 Å². The number of hydrogen-bond acceptors (Lipinski definition) is 5. The fourth-order valence-corrected chi connectivity index (χ4v) is 3.01. The van der Waals surface area contributed by atoms with E-state index in [4.69, 9.17) is 5.73 Å². The predicted molar refractivity (Wildman–Crippen MR) is 119 cm³/mol. The number of amides is 2. The zero-order valence-electron chi connectivity index (χ0n) is 16.7. The molecule has 0 radical (unpaired) electrons. The average Bonchev–Trinajstić information content (AvgIpc) is 3.18. The Morgan fingerprint density at radius 3 is 2.45 bits per heavy atom. The molecule has 31 heavy (non-hydrogen) atoms. The van der Waals surface area contributed by atoms with E-state index >= 15 is 0 Å². The van der Waals surface area contributed by atoms with Crippen molar-refractivity contribution >= 4 is 29.0 Å². The first-order chi connectivity index (χ1) is 15.0. The van der Waals surface area contributed by atoms with Crippen LogP contribution in [0.3, 0.4) is 0 Å². The zero-order valence-corrected chi connectivity index (χ0v) is 16.7. The van der Waals surface area contributed by atoms with Gasteiger partial charge in [0.05, 0.1) is 6.20 Å². The zero-order chi connectivity index (χ0) is 21.8. The Kier molecular flexibility index (Phi) is 5.44. The van der Waals surface area contributed by atoms with Crippen LogP contribution >= 0.6 is 0 Å². The first-order valence-electron chi connectivity index (χ1n) is 9.56. The highest BCUT2D eigenvalue weighted by Crippen LogP contribution is 2.23. The van der Waals surface area contributed by atoms with Crippen molar-refractivity contribution in [2.75, 3.05) is 16.4 Å². The van der Waals surface area contributed by atoms with Gasteiger partial charge in [-0.05, 0) is 48.9 Å². The van der Waals surface area contributed by atoms with Crippen molar-refractivity contribution in [2.45, 2.75) is 6.92 Å². The lowest BCUT2D eigenvalue weighted by molar-refractivity contribution is 0.102. The van der Waals surface area contributed by atoms with Crippen LogP contribution in [0.2, 0.25) is 0 Å². The van der Waals surface area contributed by atoms with Gasteiger partial charge in [-0.1, -0.05) is 30.3 Å². The summed E-state index contributed by atoms with van der Waals surface area (Å²) in [6.07, 6.45) is 3.02. The van der Waals surface area contributed by atoms with E-state index in [1.54, 1.807) is 54.7 Å². The smallest absolute Gasteiger partial charge is 0.261 e. The SMILES string of the molecule is Cc1ccc(NC(=O)c2ccccc2)cc1NC(=O)c1cnn(-c2ccccn2)c1N. The van der Waals surface area contributed by atoms with Gasteiger partial charge >= 0.3 is 0 Å². The molecule has 0 spiro atoms. The molecule has 0 aliphatic rings. The minimum atomic E-state index is -0.408. The van der Waals surface area contributed by atoms with Crippen LogP contribution in [-0.2, 0) is 0 Å². The van der Waals surface area contributed by atoms with Crippen molar-refractivity contribution < 1.29 is 9.59 Å². The molecule has 4 rings (SSSR count). The van der Waals surface area contributed by atoms with Gasteiger partial charge in [0.25, 0.3) is 11.8 Å². The van der Waals surface area contributed by atoms with Gasteiger partial charge in [0.1, 0.15) is 11.4 Å². The minimum absolute atomic E-state index is 0.183.